The Kier molecular flexibility index (Phi) is 6.26. The van der Waals surface area contributed by atoms with Crippen LogP contribution in [0.4, 0.5) is 0 Å². The van der Waals surface area contributed by atoms with Crippen LogP contribution in [0, 0.1) is 0 Å². The SMILES string of the molecule is O=C(COc1ccc2ccccc2c1)NCc1nnc(Sc2nc3ccccc3[nH]2)n1-c1ccccc1. The number of benzene rings is 4. The minimum Gasteiger partial charge on any atom is -0.484 e. The standard InChI is InChI=1S/C28H22N6O2S/c35-26(18-36-22-15-14-19-8-4-5-9-20(19)16-22)29-17-25-32-33-28(34(25)21-10-2-1-3-11-21)37-27-30-23-12-6-7-13-24(23)31-27/h1-16H,17-18H2,(H,29,35)(H,30,31). The van der Waals surface area contributed by atoms with Gasteiger partial charge in [0.2, 0.25) is 5.16 Å². The lowest BCUT2D eigenvalue weighted by atomic mass is 10.1. The fraction of sp³-hybridized carbons (Fsp3) is 0.0714. The fourth-order valence-electron chi connectivity index (χ4n) is 4.02. The monoisotopic (exact) mass is 506 g/mol. The Morgan fingerprint density at radius 1 is 0.892 bits per heavy atom. The smallest absolute Gasteiger partial charge is 0.258 e. The highest BCUT2D eigenvalue weighted by Gasteiger charge is 2.17. The average Bonchev–Trinajstić information content (AvgIpc) is 3.54. The molecular formula is C28H22N6O2S. The number of rotatable bonds is 8. The largest absolute Gasteiger partial charge is 0.484 e. The van der Waals surface area contributed by atoms with Crippen molar-refractivity contribution in [3.8, 4) is 11.4 Å². The van der Waals surface area contributed by atoms with Gasteiger partial charge in [0, 0.05) is 5.69 Å². The van der Waals surface area contributed by atoms with E-state index in [0.717, 1.165) is 27.5 Å². The Hall–Kier alpha value is -4.63. The quantitative estimate of drug-likeness (QED) is 0.297. The molecule has 182 valence electrons. The van der Waals surface area contributed by atoms with E-state index in [1.807, 2.05) is 102 Å². The second-order valence-corrected chi connectivity index (χ2v) is 9.26. The molecule has 0 spiro atoms. The Bertz CT molecular complexity index is 1660. The number of carbonyl (C=O) groups is 1. The summed E-state index contributed by atoms with van der Waals surface area (Å²) in [4.78, 5) is 20.5. The summed E-state index contributed by atoms with van der Waals surface area (Å²) >= 11 is 1.38. The number of amides is 1. The first-order valence-corrected chi connectivity index (χ1v) is 12.6. The van der Waals surface area contributed by atoms with Crippen molar-refractivity contribution in [3.05, 3.63) is 103 Å². The molecule has 6 rings (SSSR count). The van der Waals surface area contributed by atoms with Crippen LogP contribution in [-0.4, -0.2) is 37.2 Å². The number of para-hydroxylation sites is 3. The molecule has 0 saturated heterocycles. The highest BCUT2D eigenvalue weighted by atomic mass is 32.2. The topological polar surface area (TPSA) is 97.7 Å². The van der Waals surface area contributed by atoms with E-state index in [9.17, 15) is 4.79 Å². The summed E-state index contributed by atoms with van der Waals surface area (Å²) in [6, 6.07) is 31.4. The van der Waals surface area contributed by atoms with Crippen LogP contribution >= 0.6 is 11.8 Å². The number of nitrogens with zero attached hydrogens (tertiary/aromatic N) is 4. The van der Waals surface area contributed by atoms with Gasteiger partial charge in [-0.15, -0.1) is 10.2 Å². The molecule has 0 bridgehead atoms. The summed E-state index contributed by atoms with van der Waals surface area (Å²) in [7, 11) is 0. The second-order valence-electron chi connectivity index (χ2n) is 8.31. The summed E-state index contributed by atoms with van der Waals surface area (Å²) in [6.45, 7) is 0.0981. The van der Waals surface area contributed by atoms with Gasteiger partial charge < -0.3 is 15.0 Å². The van der Waals surface area contributed by atoms with E-state index in [-0.39, 0.29) is 19.1 Å². The molecule has 0 fully saturated rings. The molecule has 0 saturated carbocycles. The number of carbonyl (C=O) groups excluding carboxylic acids is 1. The summed E-state index contributed by atoms with van der Waals surface area (Å²) in [5, 5.41) is 15.2. The number of aromatic nitrogens is 5. The van der Waals surface area contributed by atoms with Crippen LogP contribution in [0.2, 0.25) is 0 Å². The first-order valence-electron chi connectivity index (χ1n) is 11.7. The third-order valence-corrected chi connectivity index (χ3v) is 6.64. The van der Waals surface area contributed by atoms with Crippen molar-refractivity contribution in [3.63, 3.8) is 0 Å². The third kappa shape index (κ3) is 5.03. The first kappa shape index (κ1) is 22.8. The van der Waals surface area contributed by atoms with Crippen molar-refractivity contribution in [2.75, 3.05) is 6.61 Å². The predicted octanol–water partition coefficient (Wildman–Crippen LogP) is 5.14. The zero-order chi connectivity index (χ0) is 25.0. The molecule has 2 N–H and O–H groups in total. The lowest BCUT2D eigenvalue weighted by Crippen LogP contribution is -2.29. The van der Waals surface area contributed by atoms with E-state index in [2.05, 4.69) is 25.5 Å². The lowest BCUT2D eigenvalue weighted by molar-refractivity contribution is -0.123. The summed E-state index contributed by atoms with van der Waals surface area (Å²) in [5.41, 5.74) is 2.73. The molecule has 2 aromatic heterocycles. The van der Waals surface area contributed by atoms with E-state index in [0.29, 0.717) is 21.9 Å². The zero-order valence-electron chi connectivity index (χ0n) is 19.7. The van der Waals surface area contributed by atoms with Crippen LogP contribution in [0.3, 0.4) is 0 Å². The number of H-pyrrole nitrogens is 1. The molecule has 6 aromatic rings. The van der Waals surface area contributed by atoms with E-state index in [1.165, 1.54) is 11.8 Å². The molecule has 9 heteroatoms. The summed E-state index contributed by atoms with van der Waals surface area (Å²) in [5.74, 6) is 0.997. The molecule has 37 heavy (non-hydrogen) atoms. The number of hydrogen-bond acceptors (Lipinski definition) is 6. The van der Waals surface area contributed by atoms with Gasteiger partial charge in [0.25, 0.3) is 5.91 Å². The molecule has 0 aliphatic rings. The van der Waals surface area contributed by atoms with Gasteiger partial charge >= 0.3 is 0 Å². The highest BCUT2D eigenvalue weighted by molar-refractivity contribution is 7.99. The van der Waals surface area contributed by atoms with Crippen molar-refractivity contribution < 1.29 is 9.53 Å². The van der Waals surface area contributed by atoms with Crippen LogP contribution < -0.4 is 10.1 Å². The number of fused-ring (bicyclic) bond motifs is 2. The van der Waals surface area contributed by atoms with Crippen LogP contribution in [0.25, 0.3) is 27.5 Å². The van der Waals surface area contributed by atoms with Crippen LogP contribution in [-0.2, 0) is 11.3 Å². The second kappa shape index (κ2) is 10.2. The molecular weight excluding hydrogens is 484 g/mol. The van der Waals surface area contributed by atoms with Gasteiger partial charge in [0.15, 0.2) is 17.6 Å². The van der Waals surface area contributed by atoms with Gasteiger partial charge in [-0.3, -0.25) is 9.36 Å². The molecule has 0 radical (unpaired) electrons. The Morgan fingerprint density at radius 3 is 2.54 bits per heavy atom. The van der Waals surface area contributed by atoms with Crippen LogP contribution in [0.1, 0.15) is 5.82 Å². The van der Waals surface area contributed by atoms with Gasteiger partial charge in [0.1, 0.15) is 5.75 Å². The number of hydrogen-bond donors (Lipinski definition) is 2. The molecule has 1 amide bonds. The van der Waals surface area contributed by atoms with Crippen molar-refractivity contribution in [1.82, 2.24) is 30.0 Å². The zero-order valence-corrected chi connectivity index (χ0v) is 20.5. The number of nitrogens with one attached hydrogen (secondary N) is 2. The summed E-state index contributed by atoms with van der Waals surface area (Å²) < 4.78 is 7.64. The lowest BCUT2D eigenvalue weighted by Gasteiger charge is -2.11. The molecule has 0 unspecified atom stereocenters. The number of imidazole rings is 1. The summed E-state index contributed by atoms with van der Waals surface area (Å²) in [6.07, 6.45) is 0. The number of aromatic amines is 1. The van der Waals surface area contributed by atoms with Gasteiger partial charge in [-0.25, -0.2) is 4.98 Å². The van der Waals surface area contributed by atoms with Crippen molar-refractivity contribution in [2.24, 2.45) is 0 Å². The van der Waals surface area contributed by atoms with Crippen LogP contribution in [0.15, 0.2) is 107 Å². The van der Waals surface area contributed by atoms with E-state index in [1.54, 1.807) is 0 Å². The molecule has 4 aromatic carbocycles. The average molecular weight is 507 g/mol. The molecule has 0 aliphatic carbocycles. The minimum atomic E-state index is -0.248. The Balaban J connectivity index is 1.17. The first-order chi connectivity index (χ1) is 18.2. The fourth-order valence-corrected chi connectivity index (χ4v) is 4.88. The van der Waals surface area contributed by atoms with E-state index >= 15 is 0 Å². The van der Waals surface area contributed by atoms with Gasteiger partial charge in [-0.05, 0) is 58.9 Å². The van der Waals surface area contributed by atoms with E-state index < -0.39 is 0 Å². The maximum atomic E-state index is 12.6. The van der Waals surface area contributed by atoms with Gasteiger partial charge in [0.05, 0.1) is 17.6 Å². The number of ether oxygens (including phenoxy) is 1. The third-order valence-electron chi connectivity index (χ3n) is 5.80. The van der Waals surface area contributed by atoms with Gasteiger partial charge in [-0.2, -0.15) is 0 Å². The maximum Gasteiger partial charge on any atom is 0.258 e. The molecule has 2 heterocycles. The van der Waals surface area contributed by atoms with Crippen molar-refractivity contribution in [2.45, 2.75) is 16.9 Å². The Morgan fingerprint density at radius 2 is 1.68 bits per heavy atom. The van der Waals surface area contributed by atoms with Crippen molar-refractivity contribution >= 4 is 39.5 Å². The maximum absolute atomic E-state index is 12.6. The molecule has 0 atom stereocenters. The molecule has 0 aliphatic heterocycles. The highest BCUT2D eigenvalue weighted by Crippen LogP contribution is 2.28. The van der Waals surface area contributed by atoms with Crippen molar-refractivity contribution in [1.29, 1.82) is 0 Å². The van der Waals surface area contributed by atoms with Gasteiger partial charge in [-0.1, -0.05) is 60.7 Å². The minimum absolute atomic E-state index is 0.0988. The Labute approximate surface area is 216 Å². The van der Waals surface area contributed by atoms with E-state index in [4.69, 9.17) is 4.74 Å². The molecule has 8 nitrogen and oxygen atoms in total. The predicted molar refractivity (Wildman–Crippen MR) is 143 cm³/mol. The van der Waals surface area contributed by atoms with Crippen LogP contribution in [0.5, 0.6) is 5.75 Å². The normalized spacial score (nSPS) is 11.1.